The van der Waals surface area contributed by atoms with Crippen LogP contribution in [0.1, 0.15) is 54.4 Å². The standard InChI is InChI=1S/C22H29F2N5OS/c1-15-3-2-7-28(8-4-15)17-5-9-29(10-6-17)22-27-14-20(31-22)21(30)26-13-19-18(24)11-16(23)12-25-19/h11-12,14-15,17H,2-10,13H2,1H3,(H,26,30)/t15-/m0/s1. The smallest absolute Gasteiger partial charge is 0.263 e. The third kappa shape index (κ3) is 5.57. The van der Waals surface area contributed by atoms with Gasteiger partial charge in [0.15, 0.2) is 5.13 Å². The van der Waals surface area contributed by atoms with Crippen LogP contribution in [-0.2, 0) is 6.54 Å². The number of anilines is 1. The molecule has 2 fully saturated rings. The maximum atomic E-state index is 13.7. The molecule has 1 atom stereocenters. The first-order chi connectivity index (χ1) is 15.0. The van der Waals surface area contributed by atoms with Gasteiger partial charge >= 0.3 is 0 Å². The van der Waals surface area contributed by atoms with E-state index in [2.05, 4.69) is 32.0 Å². The van der Waals surface area contributed by atoms with Crippen LogP contribution in [0.25, 0.3) is 0 Å². The second-order valence-electron chi connectivity index (χ2n) is 8.56. The zero-order chi connectivity index (χ0) is 21.8. The van der Waals surface area contributed by atoms with Gasteiger partial charge in [0, 0.05) is 25.2 Å². The molecular weight excluding hydrogens is 420 g/mol. The summed E-state index contributed by atoms with van der Waals surface area (Å²) in [5, 5.41) is 3.48. The summed E-state index contributed by atoms with van der Waals surface area (Å²) >= 11 is 1.34. The average molecular weight is 450 g/mol. The Labute approximate surface area is 185 Å². The summed E-state index contributed by atoms with van der Waals surface area (Å²) in [5.41, 5.74) is 0.00414. The van der Waals surface area contributed by atoms with Crippen molar-refractivity contribution in [3.63, 3.8) is 0 Å². The fraction of sp³-hybridized carbons (Fsp3) is 0.591. The van der Waals surface area contributed by atoms with Crippen LogP contribution in [0.2, 0.25) is 0 Å². The zero-order valence-electron chi connectivity index (χ0n) is 17.8. The molecule has 1 amide bonds. The molecule has 4 rings (SSSR count). The van der Waals surface area contributed by atoms with Gasteiger partial charge in [0.25, 0.3) is 5.91 Å². The summed E-state index contributed by atoms with van der Waals surface area (Å²) in [6.45, 7) is 6.55. The Bertz CT molecular complexity index is 900. The van der Waals surface area contributed by atoms with E-state index in [4.69, 9.17) is 0 Å². The van der Waals surface area contributed by atoms with Crippen LogP contribution < -0.4 is 10.2 Å². The van der Waals surface area contributed by atoms with E-state index in [0.717, 1.165) is 49.2 Å². The van der Waals surface area contributed by atoms with Gasteiger partial charge in [-0.1, -0.05) is 18.3 Å². The van der Waals surface area contributed by atoms with E-state index >= 15 is 0 Å². The number of nitrogens with zero attached hydrogens (tertiary/aromatic N) is 4. The van der Waals surface area contributed by atoms with E-state index < -0.39 is 11.6 Å². The van der Waals surface area contributed by atoms with Crippen molar-refractivity contribution in [2.45, 2.75) is 51.6 Å². The van der Waals surface area contributed by atoms with Crippen molar-refractivity contribution in [1.29, 1.82) is 0 Å². The quantitative estimate of drug-likeness (QED) is 0.752. The molecule has 2 aliphatic rings. The first-order valence-electron chi connectivity index (χ1n) is 11.0. The number of carbonyl (C=O) groups is 1. The summed E-state index contributed by atoms with van der Waals surface area (Å²) < 4.78 is 26.6. The minimum absolute atomic E-state index is 0.00414. The van der Waals surface area contributed by atoms with E-state index in [-0.39, 0.29) is 18.1 Å². The van der Waals surface area contributed by atoms with Crippen LogP contribution in [0.5, 0.6) is 0 Å². The molecule has 0 radical (unpaired) electrons. The molecule has 2 aliphatic heterocycles. The van der Waals surface area contributed by atoms with Gasteiger partial charge in [-0.3, -0.25) is 9.78 Å². The molecule has 2 aromatic rings. The molecule has 4 heterocycles. The number of likely N-dealkylation sites (tertiary alicyclic amines) is 1. The van der Waals surface area contributed by atoms with E-state index in [1.807, 2.05) is 0 Å². The monoisotopic (exact) mass is 449 g/mol. The molecule has 6 nitrogen and oxygen atoms in total. The summed E-state index contributed by atoms with van der Waals surface area (Å²) in [7, 11) is 0. The van der Waals surface area contributed by atoms with Crippen molar-refractivity contribution in [1.82, 2.24) is 20.2 Å². The van der Waals surface area contributed by atoms with Crippen molar-refractivity contribution in [2.75, 3.05) is 31.1 Å². The molecule has 0 aromatic carbocycles. The van der Waals surface area contributed by atoms with Crippen molar-refractivity contribution in [3.8, 4) is 0 Å². The minimum atomic E-state index is -0.771. The van der Waals surface area contributed by atoms with E-state index in [0.29, 0.717) is 10.9 Å². The van der Waals surface area contributed by atoms with Gasteiger partial charge in [-0.25, -0.2) is 13.8 Å². The number of pyridine rings is 1. The highest BCUT2D eigenvalue weighted by molar-refractivity contribution is 7.17. The van der Waals surface area contributed by atoms with Gasteiger partial charge in [-0.05, 0) is 51.1 Å². The molecule has 0 bridgehead atoms. The van der Waals surface area contributed by atoms with E-state index in [1.165, 1.54) is 43.7 Å². The maximum Gasteiger partial charge on any atom is 0.263 e. The Balaban J connectivity index is 1.28. The van der Waals surface area contributed by atoms with Crippen LogP contribution in [0.15, 0.2) is 18.5 Å². The predicted octanol–water partition coefficient (Wildman–Crippen LogP) is 3.84. The molecule has 0 unspecified atom stereocenters. The van der Waals surface area contributed by atoms with Gasteiger partial charge in [0.2, 0.25) is 0 Å². The largest absolute Gasteiger partial charge is 0.348 e. The Morgan fingerprint density at radius 2 is 1.94 bits per heavy atom. The highest BCUT2D eigenvalue weighted by atomic mass is 32.1. The second kappa shape index (κ2) is 9.99. The summed E-state index contributed by atoms with van der Waals surface area (Å²) in [6.07, 6.45) is 8.66. The molecule has 2 saturated heterocycles. The molecule has 2 aromatic heterocycles. The average Bonchev–Trinajstić information content (AvgIpc) is 3.16. The van der Waals surface area contributed by atoms with Crippen LogP contribution in [0, 0.1) is 17.6 Å². The number of amides is 1. The summed E-state index contributed by atoms with van der Waals surface area (Å²) in [4.78, 5) is 25.9. The third-order valence-electron chi connectivity index (χ3n) is 6.32. The number of carbonyl (C=O) groups excluding carboxylic acids is 1. The Morgan fingerprint density at radius 1 is 1.13 bits per heavy atom. The van der Waals surface area contributed by atoms with Crippen molar-refractivity contribution < 1.29 is 13.6 Å². The molecule has 0 aliphatic carbocycles. The highest BCUT2D eigenvalue weighted by Crippen LogP contribution is 2.28. The van der Waals surface area contributed by atoms with Gasteiger partial charge in [0.05, 0.1) is 24.6 Å². The van der Waals surface area contributed by atoms with Gasteiger partial charge < -0.3 is 15.1 Å². The molecule has 31 heavy (non-hydrogen) atoms. The number of rotatable bonds is 5. The van der Waals surface area contributed by atoms with E-state index in [9.17, 15) is 13.6 Å². The number of aromatic nitrogens is 2. The lowest BCUT2D eigenvalue weighted by Crippen LogP contribution is -2.45. The normalized spacial score (nSPS) is 21.1. The first kappa shape index (κ1) is 22.1. The molecule has 0 spiro atoms. The maximum absolute atomic E-state index is 13.7. The molecule has 168 valence electrons. The molecule has 9 heteroatoms. The minimum Gasteiger partial charge on any atom is -0.348 e. The fourth-order valence-corrected chi connectivity index (χ4v) is 5.30. The Kier molecular flexibility index (Phi) is 7.12. The Morgan fingerprint density at radius 3 is 2.71 bits per heavy atom. The lowest BCUT2D eigenvalue weighted by molar-refractivity contribution is 0.0954. The van der Waals surface area contributed by atoms with Crippen molar-refractivity contribution in [3.05, 3.63) is 40.7 Å². The summed E-state index contributed by atoms with van der Waals surface area (Å²) in [5.74, 6) is -1.01. The second-order valence-corrected chi connectivity index (χ2v) is 9.57. The number of thiazole rings is 1. The van der Waals surface area contributed by atoms with Crippen LogP contribution in [0.3, 0.4) is 0 Å². The Hall–Kier alpha value is -2.13. The van der Waals surface area contributed by atoms with Crippen LogP contribution in [0.4, 0.5) is 13.9 Å². The lowest BCUT2D eigenvalue weighted by atomic mass is 10.0. The van der Waals surface area contributed by atoms with Crippen molar-refractivity contribution in [2.24, 2.45) is 5.92 Å². The van der Waals surface area contributed by atoms with Gasteiger partial charge in [-0.2, -0.15) is 0 Å². The number of hydrogen-bond donors (Lipinski definition) is 1. The molecular formula is C22H29F2N5OS. The van der Waals surface area contributed by atoms with E-state index in [1.54, 1.807) is 6.20 Å². The van der Waals surface area contributed by atoms with Crippen molar-refractivity contribution >= 4 is 22.4 Å². The summed E-state index contributed by atoms with van der Waals surface area (Å²) in [6, 6.07) is 1.40. The number of nitrogens with one attached hydrogen (secondary N) is 1. The molecule has 1 N–H and O–H groups in total. The number of piperidine rings is 1. The topological polar surface area (TPSA) is 61.4 Å². The predicted molar refractivity (Wildman–Crippen MR) is 117 cm³/mol. The van der Waals surface area contributed by atoms with Gasteiger partial charge in [0.1, 0.15) is 16.5 Å². The highest BCUT2D eigenvalue weighted by Gasteiger charge is 2.27. The van der Waals surface area contributed by atoms with Gasteiger partial charge in [-0.15, -0.1) is 0 Å². The number of halogens is 2. The fourth-order valence-electron chi connectivity index (χ4n) is 4.41. The van der Waals surface area contributed by atoms with Crippen LogP contribution in [-0.4, -0.2) is 53.0 Å². The first-order valence-corrected chi connectivity index (χ1v) is 11.8. The molecule has 0 saturated carbocycles. The third-order valence-corrected chi connectivity index (χ3v) is 7.38. The van der Waals surface area contributed by atoms with Crippen LogP contribution >= 0.6 is 11.3 Å². The zero-order valence-corrected chi connectivity index (χ0v) is 18.6. The number of hydrogen-bond acceptors (Lipinski definition) is 6. The lowest BCUT2D eigenvalue weighted by Gasteiger charge is -2.38. The SMILES string of the molecule is C[C@H]1CCCN(C2CCN(c3ncc(C(=O)NCc4ncc(F)cc4F)s3)CC2)CC1.